The Balaban J connectivity index is 1.71. The number of rotatable bonds is 3. The van der Waals surface area contributed by atoms with Crippen LogP contribution in [0.4, 0.5) is 0 Å². The molecular weight excluding hydrogens is 322 g/mol. The van der Waals surface area contributed by atoms with Crippen LogP contribution in [0.25, 0.3) is 0 Å². The number of likely N-dealkylation sites (tertiary alicyclic amines) is 1. The summed E-state index contributed by atoms with van der Waals surface area (Å²) < 4.78 is 18.2. The highest BCUT2D eigenvalue weighted by atomic mass is 16.7. The number of carbonyl (C=O) groups excluding carboxylic acids is 1. The fraction of sp³-hybridized carbons (Fsp3) is 0.444. The van der Waals surface area contributed by atoms with E-state index in [-0.39, 0.29) is 18.7 Å². The Labute approximate surface area is 146 Å². The molecule has 0 spiro atoms. The summed E-state index contributed by atoms with van der Waals surface area (Å²) in [5, 5.41) is 4.46. The van der Waals surface area contributed by atoms with Gasteiger partial charge in [0.15, 0.2) is 11.5 Å². The fourth-order valence-corrected chi connectivity index (χ4v) is 3.84. The lowest BCUT2D eigenvalue weighted by molar-refractivity contribution is 0.0729. The van der Waals surface area contributed by atoms with Gasteiger partial charge in [-0.05, 0) is 31.9 Å². The third-order valence-electron chi connectivity index (χ3n) is 4.88. The smallest absolute Gasteiger partial charge is 0.258 e. The van der Waals surface area contributed by atoms with Crippen LogP contribution >= 0.6 is 0 Å². The molecule has 2 aliphatic rings. The van der Waals surface area contributed by atoms with Crippen molar-refractivity contribution < 1.29 is 19.0 Å². The molecule has 25 heavy (non-hydrogen) atoms. The molecule has 2 aliphatic heterocycles. The monoisotopic (exact) mass is 343 g/mol. The second-order valence-electron chi connectivity index (χ2n) is 6.33. The lowest BCUT2D eigenvalue weighted by Gasteiger charge is -2.25. The van der Waals surface area contributed by atoms with E-state index in [2.05, 4.69) is 5.10 Å². The average Bonchev–Trinajstić information content (AvgIpc) is 3.31. The van der Waals surface area contributed by atoms with Crippen molar-refractivity contribution in [3.05, 3.63) is 35.0 Å². The van der Waals surface area contributed by atoms with Gasteiger partial charge < -0.3 is 19.1 Å². The van der Waals surface area contributed by atoms with Gasteiger partial charge in [0.05, 0.1) is 30.0 Å². The number of ether oxygens (including phenoxy) is 3. The molecule has 0 radical (unpaired) electrons. The first kappa shape index (κ1) is 15.8. The first-order valence-electron chi connectivity index (χ1n) is 8.39. The van der Waals surface area contributed by atoms with Gasteiger partial charge >= 0.3 is 0 Å². The number of amides is 1. The SMILES string of the molecule is COc1c([C@H]2CCCN2C(=O)c2cccc3c2OCO3)c(C)nn1C. The lowest BCUT2D eigenvalue weighted by atomic mass is 10.0. The topological polar surface area (TPSA) is 65.8 Å². The zero-order valence-electron chi connectivity index (χ0n) is 14.6. The largest absolute Gasteiger partial charge is 0.481 e. The van der Waals surface area contributed by atoms with Gasteiger partial charge in [-0.3, -0.25) is 4.79 Å². The maximum Gasteiger partial charge on any atom is 0.258 e. The number of methoxy groups -OCH3 is 1. The zero-order chi connectivity index (χ0) is 17.6. The zero-order valence-corrected chi connectivity index (χ0v) is 14.6. The lowest BCUT2D eigenvalue weighted by Crippen LogP contribution is -2.31. The van der Waals surface area contributed by atoms with Gasteiger partial charge in [-0.1, -0.05) is 6.07 Å². The number of nitrogens with zero attached hydrogens (tertiary/aromatic N) is 3. The van der Waals surface area contributed by atoms with E-state index >= 15 is 0 Å². The first-order valence-corrected chi connectivity index (χ1v) is 8.39. The molecule has 7 heteroatoms. The molecule has 1 aromatic carbocycles. The van der Waals surface area contributed by atoms with Gasteiger partial charge in [0, 0.05) is 13.6 Å². The van der Waals surface area contributed by atoms with Gasteiger partial charge in [-0.2, -0.15) is 5.10 Å². The number of aromatic nitrogens is 2. The minimum Gasteiger partial charge on any atom is -0.481 e. The van der Waals surface area contributed by atoms with Crippen molar-refractivity contribution in [1.29, 1.82) is 0 Å². The van der Waals surface area contributed by atoms with Crippen LogP contribution in [-0.4, -0.2) is 41.0 Å². The van der Waals surface area contributed by atoms with Crippen molar-refractivity contribution in [3.63, 3.8) is 0 Å². The number of carbonyl (C=O) groups is 1. The highest BCUT2D eigenvalue weighted by molar-refractivity contribution is 5.98. The number of benzene rings is 1. The number of aryl methyl sites for hydroxylation is 2. The van der Waals surface area contributed by atoms with E-state index in [1.54, 1.807) is 17.9 Å². The molecule has 7 nitrogen and oxygen atoms in total. The molecule has 0 N–H and O–H groups in total. The molecule has 1 fully saturated rings. The summed E-state index contributed by atoms with van der Waals surface area (Å²) in [5.41, 5.74) is 2.42. The summed E-state index contributed by atoms with van der Waals surface area (Å²) in [7, 11) is 3.49. The van der Waals surface area contributed by atoms with Gasteiger partial charge in [-0.15, -0.1) is 0 Å². The van der Waals surface area contributed by atoms with Gasteiger partial charge in [0.2, 0.25) is 12.7 Å². The molecule has 0 unspecified atom stereocenters. The Hall–Kier alpha value is -2.70. The van der Waals surface area contributed by atoms with Crippen molar-refractivity contribution >= 4 is 5.91 Å². The predicted molar refractivity (Wildman–Crippen MR) is 90.1 cm³/mol. The molecular formula is C18H21N3O4. The highest BCUT2D eigenvalue weighted by Gasteiger charge is 2.37. The molecule has 4 rings (SSSR count). The summed E-state index contributed by atoms with van der Waals surface area (Å²) >= 11 is 0. The molecule has 2 aromatic rings. The maximum absolute atomic E-state index is 13.2. The maximum atomic E-state index is 13.2. The van der Waals surface area contributed by atoms with Crippen molar-refractivity contribution in [2.45, 2.75) is 25.8 Å². The quantitative estimate of drug-likeness (QED) is 0.856. The summed E-state index contributed by atoms with van der Waals surface area (Å²) in [5.74, 6) is 1.82. The molecule has 1 saturated heterocycles. The van der Waals surface area contributed by atoms with E-state index in [1.807, 2.05) is 31.0 Å². The van der Waals surface area contributed by atoms with Crippen LogP contribution in [-0.2, 0) is 7.05 Å². The number of hydrogen-bond donors (Lipinski definition) is 0. The van der Waals surface area contributed by atoms with E-state index in [0.29, 0.717) is 29.5 Å². The van der Waals surface area contributed by atoms with Crippen LogP contribution in [0.2, 0.25) is 0 Å². The third kappa shape index (κ3) is 2.42. The molecule has 3 heterocycles. The minimum absolute atomic E-state index is 0.0462. The average molecular weight is 343 g/mol. The summed E-state index contributed by atoms with van der Waals surface area (Å²) in [4.78, 5) is 15.1. The van der Waals surface area contributed by atoms with Crippen molar-refractivity contribution in [2.24, 2.45) is 7.05 Å². The summed E-state index contributed by atoms with van der Waals surface area (Å²) in [6.07, 6.45) is 1.83. The molecule has 1 aromatic heterocycles. The van der Waals surface area contributed by atoms with Crippen molar-refractivity contribution in [3.8, 4) is 17.4 Å². The van der Waals surface area contributed by atoms with E-state index in [9.17, 15) is 4.79 Å². The fourth-order valence-electron chi connectivity index (χ4n) is 3.84. The van der Waals surface area contributed by atoms with Crippen LogP contribution in [0, 0.1) is 6.92 Å². The molecule has 0 bridgehead atoms. The number of para-hydroxylation sites is 1. The number of hydrogen-bond acceptors (Lipinski definition) is 5. The van der Waals surface area contributed by atoms with E-state index in [0.717, 1.165) is 24.1 Å². The van der Waals surface area contributed by atoms with Crippen LogP contribution in [0.1, 0.15) is 40.5 Å². The predicted octanol–water partition coefficient (Wildman–Crippen LogP) is 2.44. The Kier molecular flexibility index (Phi) is 3.78. The molecule has 1 atom stereocenters. The summed E-state index contributed by atoms with van der Waals surface area (Å²) in [6, 6.07) is 5.38. The summed E-state index contributed by atoms with van der Waals surface area (Å²) in [6.45, 7) is 2.81. The van der Waals surface area contributed by atoms with Crippen LogP contribution in [0.5, 0.6) is 17.4 Å². The van der Waals surface area contributed by atoms with Crippen molar-refractivity contribution in [1.82, 2.24) is 14.7 Å². The van der Waals surface area contributed by atoms with Gasteiger partial charge in [0.1, 0.15) is 0 Å². The normalized spacial score (nSPS) is 18.7. The highest BCUT2D eigenvalue weighted by Crippen LogP contribution is 2.42. The Morgan fingerprint density at radius 1 is 1.36 bits per heavy atom. The number of fused-ring (bicyclic) bond motifs is 1. The molecule has 132 valence electrons. The van der Waals surface area contributed by atoms with E-state index in [4.69, 9.17) is 14.2 Å². The van der Waals surface area contributed by atoms with Crippen LogP contribution < -0.4 is 14.2 Å². The Morgan fingerprint density at radius 2 is 2.20 bits per heavy atom. The van der Waals surface area contributed by atoms with E-state index < -0.39 is 0 Å². The van der Waals surface area contributed by atoms with Gasteiger partial charge in [-0.25, -0.2) is 4.68 Å². The first-order chi connectivity index (χ1) is 12.1. The van der Waals surface area contributed by atoms with Gasteiger partial charge in [0.25, 0.3) is 5.91 Å². The molecule has 1 amide bonds. The Morgan fingerprint density at radius 3 is 3.00 bits per heavy atom. The second-order valence-corrected chi connectivity index (χ2v) is 6.33. The van der Waals surface area contributed by atoms with Crippen molar-refractivity contribution in [2.75, 3.05) is 20.4 Å². The van der Waals surface area contributed by atoms with Crippen LogP contribution in [0.3, 0.4) is 0 Å². The standard InChI is InChI=1S/C18H21N3O4/c1-11-15(18(23-3)20(2)19-11)13-7-5-9-21(13)17(22)12-6-4-8-14-16(12)25-10-24-14/h4,6,8,13H,5,7,9-10H2,1-3H3/t13-/m1/s1. The second kappa shape index (κ2) is 5.98. The molecule has 0 saturated carbocycles. The third-order valence-corrected chi connectivity index (χ3v) is 4.88. The Bertz CT molecular complexity index is 830. The van der Waals surface area contributed by atoms with E-state index in [1.165, 1.54) is 0 Å². The van der Waals surface area contributed by atoms with Crippen LogP contribution in [0.15, 0.2) is 18.2 Å². The minimum atomic E-state index is -0.0469. The molecule has 0 aliphatic carbocycles.